The molecule has 0 aliphatic carbocycles. The summed E-state index contributed by atoms with van der Waals surface area (Å²) in [5.41, 5.74) is 2.35. The van der Waals surface area contributed by atoms with E-state index in [1.807, 2.05) is 19.9 Å². The first-order valence-electron chi connectivity index (χ1n) is 9.40. The summed E-state index contributed by atoms with van der Waals surface area (Å²) < 4.78 is 27.1. The van der Waals surface area contributed by atoms with Crippen LogP contribution in [-0.4, -0.2) is 40.8 Å². The van der Waals surface area contributed by atoms with Gasteiger partial charge in [0.1, 0.15) is 18.1 Å². The summed E-state index contributed by atoms with van der Waals surface area (Å²) >= 11 is 0. The molecule has 2 aromatic carbocycles. The highest BCUT2D eigenvalue weighted by molar-refractivity contribution is 6.08. The van der Waals surface area contributed by atoms with Gasteiger partial charge in [-0.2, -0.15) is 0 Å². The monoisotopic (exact) mass is 412 g/mol. The number of hydrogen-bond acceptors (Lipinski definition) is 6. The number of carbonyl (C=O) groups excluding carboxylic acids is 1. The molecule has 0 aliphatic rings. The molecule has 0 saturated heterocycles. The van der Waals surface area contributed by atoms with Crippen LogP contribution in [0.1, 0.15) is 29.8 Å². The Morgan fingerprint density at radius 2 is 1.50 bits per heavy atom. The zero-order valence-electron chi connectivity index (χ0n) is 18.3. The molecular weight excluding hydrogens is 384 g/mol. The third-order valence-electron chi connectivity index (χ3n) is 4.29. The van der Waals surface area contributed by atoms with Gasteiger partial charge in [-0.05, 0) is 55.8 Å². The minimum atomic E-state index is -0.198. The van der Waals surface area contributed by atoms with Gasteiger partial charge in [0.2, 0.25) is 5.75 Å². The third-order valence-corrected chi connectivity index (χ3v) is 4.29. The van der Waals surface area contributed by atoms with Crippen LogP contribution in [0.25, 0.3) is 6.08 Å². The Labute approximate surface area is 177 Å². The topological polar surface area (TPSA) is 63.2 Å². The lowest BCUT2D eigenvalue weighted by molar-refractivity contribution is 0.104. The number of ketones is 1. The highest BCUT2D eigenvalue weighted by atomic mass is 16.5. The molecule has 0 N–H and O–H groups in total. The van der Waals surface area contributed by atoms with E-state index in [9.17, 15) is 4.79 Å². The van der Waals surface area contributed by atoms with Gasteiger partial charge in [-0.25, -0.2) is 0 Å². The highest BCUT2D eigenvalue weighted by Crippen LogP contribution is 2.38. The molecule has 0 heterocycles. The average Bonchev–Trinajstić information content (AvgIpc) is 2.76. The van der Waals surface area contributed by atoms with Crippen molar-refractivity contribution >= 4 is 11.9 Å². The van der Waals surface area contributed by atoms with E-state index in [0.717, 1.165) is 5.56 Å². The van der Waals surface area contributed by atoms with Crippen molar-refractivity contribution in [2.75, 3.05) is 35.0 Å². The van der Waals surface area contributed by atoms with Crippen molar-refractivity contribution in [2.24, 2.45) is 0 Å². The fourth-order valence-corrected chi connectivity index (χ4v) is 2.73. The number of allylic oxidation sites excluding steroid dienone is 2. The number of hydrogen-bond donors (Lipinski definition) is 0. The fourth-order valence-electron chi connectivity index (χ4n) is 2.73. The van der Waals surface area contributed by atoms with Crippen LogP contribution in [0.4, 0.5) is 0 Å². The van der Waals surface area contributed by atoms with E-state index >= 15 is 0 Å². The first kappa shape index (κ1) is 22.9. The first-order chi connectivity index (χ1) is 14.4. The summed E-state index contributed by atoms with van der Waals surface area (Å²) in [7, 11) is 6.15. The van der Waals surface area contributed by atoms with E-state index in [1.54, 1.807) is 57.7 Å². The predicted molar refractivity (Wildman–Crippen MR) is 117 cm³/mol. The minimum Gasteiger partial charge on any atom is -0.496 e. The summed E-state index contributed by atoms with van der Waals surface area (Å²) in [5.74, 6) is 2.41. The van der Waals surface area contributed by atoms with Gasteiger partial charge in [-0.1, -0.05) is 11.6 Å². The minimum absolute atomic E-state index is 0.198. The summed E-state index contributed by atoms with van der Waals surface area (Å²) in [6.45, 7) is 4.47. The summed E-state index contributed by atoms with van der Waals surface area (Å²) in [6, 6.07) is 8.69. The SMILES string of the molecule is COc1cc(OCC=C(C)C)ccc1C(=O)/C=C/c1cc(OC)c(OC)c(OC)c1. The molecular formula is C24H28O6. The number of carbonyl (C=O) groups is 1. The largest absolute Gasteiger partial charge is 0.496 e. The van der Waals surface area contributed by atoms with E-state index in [-0.39, 0.29) is 5.78 Å². The maximum Gasteiger partial charge on any atom is 0.203 e. The zero-order valence-corrected chi connectivity index (χ0v) is 18.3. The molecule has 0 fully saturated rings. The molecule has 6 heteroatoms. The van der Waals surface area contributed by atoms with E-state index in [4.69, 9.17) is 23.7 Å². The Kier molecular flexibility index (Phi) is 8.35. The van der Waals surface area contributed by atoms with Crippen LogP contribution in [0.2, 0.25) is 0 Å². The summed E-state index contributed by atoms with van der Waals surface area (Å²) in [6.07, 6.45) is 5.14. The van der Waals surface area contributed by atoms with Gasteiger partial charge in [0.25, 0.3) is 0 Å². The van der Waals surface area contributed by atoms with Crippen LogP contribution in [0.5, 0.6) is 28.7 Å². The van der Waals surface area contributed by atoms with Crippen molar-refractivity contribution < 1.29 is 28.5 Å². The second kappa shape index (κ2) is 11.0. The Morgan fingerprint density at radius 3 is 2.03 bits per heavy atom. The lowest BCUT2D eigenvalue weighted by Crippen LogP contribution is -2.01. The molecule has 6 nitrogen and oxygen atoms in total. The standard InChI is InChI=1S/C24H28O6/c1-16(2)11-12-30-18-8-9-19(21(15-18)26-3)20(25)10-7-17-13-22(27-4)24(29-6)23(14-17)28-5/h7-11,13-15H,12H2,1-6H3/b10-7+. The normalized spacial score (nSPS) is 10.5. The Morgan fingerprint density at radius 1 is 0.867 bits per heavy atom. The quantitative estimate of drug-likeness (QED) is 0.312. The molecule has 2 aromatic rings. The second-order valence-corrected chi connectivity index (χ2v) is 6.61. The Balaban J connectivity index is 2.24. The van der Waals surface area contributed by atoms with Crippen LogP contribution < -0.4 is 23.7 Å². The van der Waals surface area contributed by atoms with Crippen molar-refractivity contribution in [3.05, 3.63) is 59.2 Å². The fraction of sp³-hybridized carbons (Fsp3) is 0.292. The van der Waals surface area contributed by atoms with Crippen molar-refractivity contribution in [3.8, 4) is 28.7 Å². The number of rotatable bonds is 10. The lowest BCUT2D eigenvalue weighted by Gasteiger charge is -2.13. The molecule has 0 unspecified atom stereocenters. The number of methoxy groups -OCH3 is 4. The molecule has 160 valence electrons. The maximum absolute atomic E-state index is 12.7. The molecule has 0 spiro atoms. The van der Waals surface area contributed by atoms with Gasteiger partial charge in [-0.3, -0.25) is 4.79 Å². The van der Waals surface area contributed by atoms with E-state index in [1.165, 1.54) is 18.8 Å². The van der Waals surface area contributed by atoms with Gasteiger partial charge in [0, 0.05) is 6.07 Å². The van der Waals surface area contributed by atoms with Crippen molar-refractivity contribution in [1.29, 1.82) is 0 Å². The lowest BCUT2D eigenvalue weighted by atomic mass is 10.1. The van der Waals surface area contributed by atoms with Crippen LogP contribution in [0, 0.1) is 0 Å². The Hall–Kier alpha value is -3.41. The first-order valence-corrected chi connectivity index (χ1v) is 9.40. The van der Waals surface area contributed by atoms with Crippen molar-refractivity contribution in [1.82, 2.24) is 0 Å². The molecule has 0 radical (unpaired) electrons. The van der Waals surface area contributed by atoms with Gasteiger partial charge in [0.05, 0.1) is 34.0 Å². The maximum atomic E-state index is 12.7. The average molecular weight is 412 g/mol. The molecule has 0 atom stereocenters. The smallest absolute Gasteiger partial charge is 0.203 e. The van der Waals surface area contributed by atoms with E-state index in [2.05, 4.69) is 0 Å². The zero-order chi connectivity index (χ0) is 22.1. The summed E-state index contributed by atoms with van der Waals surface area (Å²) in [4.78, 5) is 12.7. The highest BCUT2D eigenvalue weighted by Gasteiger charge is 2.14. The van der Waals surface area contributed by atoms with Gasteiger partial charge >= 0.3 is 0 Å². The van der Waals surface area contributed by atoms with Crippen molar-refractivity contribution in [2.45, 2.75) is 13.8 Å². The second-order valence-electron chi connectivity index (χ2n) is 6.61. The number of ether oxygens (including phenoxy) is 5. The van der Waals surface area contributed by atoms with Crippen molar-refractivity contribution in [3.63, 3.8) is 0 Å². The molecule has 0 aromatic heterocycles. The Bertz CT molecular complexity index is 914. The van der Waals surface area contributed by atoms with Gasteiger partial charge < -0.3 is 23.7 Å². The number of benzene rings is 2. The van der Waals surface area contributed by atoms with Crippen LogP contribution in [0.3, 0.4) is 0 Å². The molecule has 0 aliphatic heterocycles. The van der Waals surface area contributed by atoms with E-state index in [0.29, 0.717) is 40.9 Å². The molecule has 0 bridgehead atoms. The third kappa shape index (κ3) is 5.80. The molecule has 2 rings (SSSR count). The molecule has 30 heavy (non-hydrogen) atoms. The van der Waals surface area contributed by atoms with E-state index < -0.39 is 0 Å². The molecule has 0 saturated carbocycles. The van der Waals surface area contributed by atoms with Crippen LogP contribution >= 0.6 is 0 Å². The summed E-state index contributed by atoms with van der Waals surface area (Å²) in [5, 5.41) is 0. The van der Waals surface area contributed by atoms with Crippen LogP contribution in [-0.2, 0) is 0 Å². The van der Waals surface area contributed by atoms with Gasteiger partial charge in [-0.15, -0.1) is 0 Å². The van der Waals surface area contributed by atoms with Crippen LogP contribution in [0.15, 0.2) is 48.1 Å². The predicted octanol–water partition coefficient (Wildman–Crippen LogP) is 4.96. The van der Waals surface area contributed by atoms with Gasteiger partial charge in [0.15, 0.2) is 17.3 Å². The molecule has 0 amide bonds.